The van der Waals surface area contributed by atoms with Gasteiger partial charge in [-0.1, -0.05) is 35.3 Å². The Balaban J connectivity index is 2.26. The van der Waals surface area contributed by atoms with Gasteiger partial charge in [0.25, 0.3) is 0 Å². The number of anilines is 1. The van der Waals surface area contributed by atoms with E-state index in [2.05, 4.69) is 9.71 Å². The van der Waals surface area contributed by atoms with Crippen LogP contribution >= 0.6 is 23.2 Å². The third-order valence-electron chi connectivity index (χ3n) is 2.84. The van der Waals surface area contributed by atoms with Gasteiger partial charge in [0.15, 0.2) is 0 Å². The van der Waals surface area contributed by atoms with Gasteiger partial charge < -0.3 is 5.73 Å². The predicted molar refractivity (Wildman–Crippen MR) is 83.8 cm³/mol. The smallest absolute Gasteiger partial charge is 0.242 e. The zero-order valence-electron chi connectivity index (χ0n) is 11.0. The van der Waals surface area contributed by atoms with Gasteiger partial charge in [-0.15, -0.1) is 0 Å². The number of nitrogen functional groups attached to an aromatic ring is 1. The van der Waals surface area contributed by atoms with Gasteiger partial charge in [0.05, 0.1) is 5.02 Å². The van der Waals surface area contributed by atoms with Crippen molar-refractivity contribution in [3.05, 3.63) is 52.1 Å². The maximum Gasteiger partial charge on any atom is 0.242 e. The predicted octanol–water partition coefficient (Wildman–Crippen LogP) is 3.01. The number of aromatic nitrogens is 1. The van der Waals surface area contributed by atoms with E-state index < -0.39 is 16.1 Å². The second-order valence-corrected chi connectivity index (χ2v) is 6.99. The van der Waals surface area contributed by atoms with Crippen LogP contribution in [-0.4, -0.2) is 13.4 Å². The molecule has 3 N–H and O–H groups in total. The number of hydrogen-bond donors (Lipinski definition) is 2. The number of sulfonamides is 1. The number of pyridine rings is 1. The molecule has 0 aliphatic carbocycles. The van der Waals surface area contributed by atoms with Crippen LogP contribution in [0.1, 0.15) is 18.5 Å². The maximum absolute atomic E-state index is 12.3. The van der Waals surface area contributed by atoms with E-state index >= 15 is 0 Å². The lowest BCUT2D eigenvalue weighted by atomic mass is 10.1. The average Bonchev–Trinajstić information content (AvgIpc) is 2.41. The van der Waals surface area contributed by atoms with Crippen molar-refractivity contribution in [1.29, 1.82) is 0 Å². The first kappa shape index (κ1) is 16.0. The van der Waals surface area contributed by atoms with Gasteiger partial charge in [0.1, 0.15) is 10.7 Å². The lowest BCUT2D eigenvalue weighted by Gasteiger charge is -2.15. The highest BCUT2D eigenvalue weighted by atomic mass is 35.5. The lowest BCUT2D eigenvalue weighted by Crippen LogP contribution is -2.27. The quantitative estimate of drug-likeness (QED) is 0.891. The van der Waals surface area contributed by atoms with Gasteiger partial charge >= 0.3 is 0 Å². The molecule has 0 amide bonds. The molecular weight excluding hydrogens is 333 g/mol. The van der Waals surface area contributed by atoms with Gasteiger partial charge in [0.2, 0.25) is 10.0 Å². The van der Waals surface area contributed by atoms with Crippen molar-refractivity contribution in [2.75, 3.05) is 5.73 Å². The molecule has 0 aliphatic rings. The third kappa shape index (κ3) is 3.85. The van der Waals surface area contributed by atoms with Crippen molar-refractivity contribution in [2.45, 2.75) is 17.9 Å². The van der Waals surface area contributed by atoms with Crippen molar-refractivity contribution < 1.29 is 8.42 Å². The van der Waals surface area contributed by atoms with Crippen LogP contribution in [0.15, 0.2) is 41.4 Å². The van der Waals surface area contributed by atoms with Crippen molar-refractivity contribution in [3.63, 3.8) is 0 Å². The highest BCUT2D eigenvalue weighted by molar-refractivity contribution is 7.89. The van der Waals surface area contributed by atoms with E-state index in [1.807, 2.05) is 0 Å². The Morgan fingerprint density at radius 1 is 1.29 bits per heavy atom. The molecule has 0 radical (unpaired) electrons. The summed E-state index contributed by atoms with van der Waals surface area (Å²) in [5, 5.41) is 0.629. The number of nitrogens with two attached hydrogens (primary N) is 1. The molecule has 0 bridgehead atoms. The molecule has 1 heterocycles. The molecule has 0 saturated carbocycles. The Bertz CT molecular complexity index is 766. The Kier molecular flexibility index (Phi) is 4.73. The van der Waals surface area contributed by atoms with Crippen LogP contribution in [0.3, 0.4) is 0 Å². The standard InChI is InChI=1S/C13H13Cl2N3O2S/c1-8(9-3-2-4-10(14)5-9)18-21(19,20)11-6-12(15)13(16)17-7-11/h2-8,18H,1H3,(H2,16,17). The Morgan fingerprint density at radius 2 is 2.00 bits per heavy atom. The van der Waals surface area contributed by atoms with Gasteiger partial charge in [-0.2, -0.15) is 0 Å². The second-order valence-electron chi connectivity index (χ2n) is 4.44. The fourth-order valence-electron chi connectivity index (χ4n) is 1.72. The zero-order valence-corrected chi connectivity index (χ0v) is 13.4. The van der Waals surface area contributed by atoms with Crippen LogP contribution < -0.4 is 10.5 Å². The number of nitrogens with one attached hydrogen (secondary N) is 1. The summed E-state index contributed by atoms with van der Waals surface area (Å²) in [6, 6.07) is 7.76. The van der Waals surface area contributed by atoms with Crippen molar-refractivity contribution in [1.82, 2.24) is 9.71 Å². The van der Waals surface area contributed by atoms with Crippen LogP contribution in [0.4, 0.5) is 5.82 Å². The van der Waals surface area contributed by atoms with E-state index in [9.17, 15) is 8.42 Å². The monoisotopic (exact) mass is 345 g/mol. The SMILES string of the molecule is CC(NS(=O)(=O)c1cnc(N)c(Cl)c1)c1cccc(Cl)c1. The Morgan fingerprint density at radius 3 is 2.62 bits per heavy atom. The van der Waals surface area contributed by atoms with Gasteiger partial charge in [-0.3, -0.25) is 0 Å². The fourth-order valence-corrected chi connectivity index (χ4v) is 3.35. The van der Waals surface area contributed by atoms with Gasteiger partial charge in [-0.25, -0.2) is 18.1 Å². The summed E-state index contributed by atoms with van der Waals surface area (Å²) >= 11 is 11.7. The van der Waals surface area contributed by atoms with Crippen LogP contribution in [0, 0.1) is 0 Å². The van der Waals surface area contributed by atoms with Crippen LogP contribution in [0.2, 0.25) is 10.0 Å². The molecule has 0 saturated heterocycles. The van der Waals surface area contributed by atoms with Crippen molar-refractivity contribution in [2.24, 2.45) is 0 Å². The van der Waals surface area contributed by atoms with Crippen molar-refractivity contribution in [3.8, 4) is 0 Å². The number of nitrogens with zero attached hydrogens (tertiary/aromatic N) is 1. The molecule has 2 aromatic rings. The molecule has 21 heavy (non-hydrogen) atoms. The van der Waals surface area contributed by atoms with E-state index in [-0.39, 0.29) is 15.7 Å². The number of hydrogen-bond acceptors (Lipinski definition) is 4. The summed E-state index contributed by atoms with van der Waals surface area (Å²) in [5.74, 6) is 0.0820. The number of rotatable bonds is 4. The highest BCUT2D eigenvalue weighted by Gasteiger charge is 2.20. The minimum Gasteiger partial charge on any atom is -0.382 e. The summed E-state index contributed by atoms with van der Waals surface area (Å²) in [4.78, 5) is 3.70. The normalized spacial score (nSPS) is 13.1. The van der Waals surface area contributed by atoms with E-state index in [1.165, 1.54) is 6.07 Å². The zero-order chi connectivity index (χ0) is 15.6. The molecule has 5 nitrogen and oxygen atoms in total. The first-order valence-electron chi connectivity index (χ1n) is 5.98. The van der Waals surface area contributed by atoms with Crippen LogP contribution in [0.25, 0.3) is 0 Å². The molecule has 0 spiro atoms. The summed E-state index contributed by atoms with van der Waals surface area (Å²) in [6.07, 6.45) is 1.16. The van der Waals surface area contributed by atoms with E-state index in [4.69, 9.17) is 28.9 Å². The topological polar surface area (TPSA) is 85.1 Å². The summed E-state index contributed by atoms with van der Waals surface area (Å²) in [6.45, 7) is 1.72. The first-order chi connectivity index (χ1) is 9.79. The van der Waals surface area contributed by atoms with E-state index in [1.54, 1.807) is 31.2 Å². The number of halogens is 2. The lowest BCUT2D eigenvalue weighted by molar-refractivity contribution is 0.566. The molecule has 1 unspecified atom stereocenters. The molecule has 1 aromatic carbocycles. The number of benzene rings is 1. The third-order valence-corrected chi connectivity index (χ3v) is 4.88. The van der Waals surface area contributed by atoms with E-state index in [0.717, 1.165) is 11.8 Å². The first-order valence-corrected chi connectivity index (χ1v) is 8.22. The summed E-state index contributed by atoms with van der Waals surface area (Å²) in [7, 11) is -3.76. The van der Waals surface area contributed by atoms with E-state index in [0.29, 0.717) is 5.02 Å². The maximum atomic E-state index is 12.3. The minimum atomic E-state index is -3.76. The fraction of sp³-hybridized carbons (Fsp3) is 0.154. The molecule has 0 fully saturated rings. The Labute approximate surface area is 133 Å². The van der Waals surface area contributed by atoms with Crippen LogP contribution in [-0.2, 0) is 10.0 Å². The highest BCUT2D eigenvalue weighted by Crippen LogP contribution is 2.23. The molecule has 0 aliphatic heterocycles. The average molecular weight is 346 g/mol. The molecular formula is C13H13Cl2N3O2S. The second kappa shape index (κ2) is 6.19. The summed E-state index contributed by atoms with van der Waals surface area (Å²) < 4.78 is 27.1. The minimum absolute atomic E-state index is 0.0458. The summed E-state index contributed by atoms with van der Waals surface area (Å²) in [5.41, 5.74) is 6.22. The van der Waals surface area contributed by atoms with Crippen molar-refractivity contribution >= 4 is 39.0 Å². The molecule has 1 aromatic heterocycles. The molecule has 1 atom stereocenters. The Hall–Kier alpha value is -1.34. The van der Waals surface area contributed by atoms with Gasteiger partial charge in [0, 0.05) is 17.3 Å². The van der Waals surface area contributed by atoms with Crippen LogP contribution in [0.5, 0.6) is 0 Å². The largest absolute Gasteiger partial charge is 0.382 e. The molecule has 8 heteroatoms. The van der Waals surface area contributed by atoms with Gasteiger partial charge in [-0.05, 0) is 30.7 Å². The molecule has 112 valence electrons. The molecule has 2 rings (SSSR count).